The van der Waals surface area contributed by atoms with E-state index in [9.17, 15) is 0 Å². The van der Waals surface area contributed by atoms with Crippen LogP contribution in [-0.4, -0.2) is 18.7 Å². The average Bonchev–Trinajstić information content (AvgIpc) is 4.00. The number of rotatable bonds is 6. The normalized spacial score (nSPS) is 11.8. The Labute approximate surface area is 363 Å². The Morgan fingerprint density at radius 3 is 1.37 bits per heavy atom. The first-order chi connectivity index (χ1) is 31.3. The maximum atomic E-state index is 4.96. The average molecular weight is 803 g/mol. The molecule has 4 aromatic heterocycles. The first kappa shape index (κ1) is 35.3. The van der Waals surface area contributed by atoms with Gasteiger partial charge >= 0.3 is 0 Å². The highest BCUT2D eigenvalue weighted by molar-refractivity contribution is 6.12. The Hall–Kier alpha value is -8.47. The summed E-state index contributed by atoms with van der Waals surface area (Å²) < 4.78 is 7.19. The standard InChI is InChI=1S/C59H38N4/c1-2-21-44(42(19-1)39-17-15-18-41(37-39)61-53-29-10-4-22-45(53)46-23-5-11-30-54(46)61)51-38-40(34-35-58(51)62-55-31-12-6-24-47(55)48-25-7-13-32-56(48)62)43-20-3-9-28-52(43)63-57-33-14-8-26-49(57)50-27-16-36-60-59(50)63/h1-38H. The van der Waals surface area contributed by atoms with Crippen LogP contribution in [0.5, 0.6) is 0 Å². The summed E-state index contributed by atoms with van der Waals surface area (Å²) in [5, 5.41) is 7.31. The third-order valence-electron chi connectivity index (χ3n) is 12.9. The number of aromatic nitrogens is 4. The molecule has 0 bridgehead atoms. The Morgan fingerprint density at radius 1 is 0.270 bits per heavy atom. The molecule has 0 aliphatic carbocycles. The molecule has 4 heteroatoms. The summed E-state index contributed by atoms with van der Waals surface area (Å²) in [6.07, 6.45) is 1.89. The number of fused-ring (bicyclic) bond motifs is 9. The van der Waals surface area contributed by atoms with E-state index in [4.69, 9.17) is 4.98 Å². The molecular formula is C59H38N4. The fraction of sp³-hybridized carbons (Fsp3) is 0. The third kappa shape index (κ3) is 5.38. The molecule has 4 nitrogen and oxygen atoms in total. The van der Waals surface area contributed by atoms with Gasteiger partial charge in [0.1, 0.15) is 5.65 Å². The van der Waals surface area contributed by atoms with E-state index in [2.05, 4.69) is 232 Å². The van der Waals surface area contributed by atoms with Crippen LogP contribution in [-0.2, 0) is 0 Å². The molecule has 0 aliphatic rings. The van der Waals surface area contributed by atoms with Gasteiger partial charge in [-0.3, -0.25) is 4.57 Å². The van der Waals surface area contributed by atoms with Gasteiger partial charge in [0.15, 0.2) is 0 Å². The summed E-state index contributed by atoms with van der Waals surface area (Å²) in [6.45, 7) is 0. The summed E-state index contributed by atoms with van der Waals surface area (Å²) >= 11 is 0. The van der Waals surface area contributed by atoms with E-state index in [-0.39, 0.29) is 0 Å². The molecule has 4 heterocycles. The van der Waals surface area contributed by atoms with Crippen LogP contribution in [0.2, 0.25) is 0 Å². The van der Waals surface area contributed by atoms with Gasteiger partial charge in [-0.1, -0.05) is 152 Å². The van der Waals surface area contributed by atoms with Crippen LogP contribution < -0.4 is 0 Å². The molecule has 0 saturated carbocycles. The maximum Gasteiger partial charge on any atom is 0.145 e. The number of nitrogens with zero attached hydrogens (tertiary/aromatic N) is 4. The zero-order chi connectivity index (χ0) is 41.4. The van der Waals surface area contributed by atoms with Crippen molar-refractivity contribution in [3.63, 3.8) is 0 Å². The van der Waals surface area contributed by atoms with Gasteiger partial charge in [0.05, 0.1) is 39.0 Å². The number of para-hydroxylation sites is 6. The third-order valence-corrected chi connectivity index (χ3v) is 12.9. The Bertz CT molecular complexity index is 3770. The predicted octanol–water partition coefficient (Wildman–Crippen LogP) is 15.4. The summed E-state index contributed by atoms with van der Waals surface area (Å²) in [4.78, 5) is 4.96. The molecule has 63 heavy (non-hydrogen) atoms. The number of benzene rings is 9. The molecule has 0 amide bonds. The SMILES string of the molecule is c1cc(-c2ccccc2-c2cc(-c3ccccc3-n3c4ccccc4c4cccnc43)ccc2-n2c3ccccc3c3ccccc32)cc(-n2c3ccccc3c3ccccc32)c1. The predicted molar refractivity (Wildman–Crippen MR) is 264 cm³/mol. The number of pyridine rings is 1. The van der Waals surface area contributed by atoms with Crippen molar-refractivity contribution in [1.29, 1.82) is 0 Å². The van der Waals surface area contributed by atoms with E-state index < -0.39 is 0 Å². The van der Waals surface area contributed by atoms with Gasteiger partial charge < -0.3 is 9.13 Å². The van der Waals surface area contributed by atoms with Crippen molar-refractivity contribution in [2.75, 3.05) is 0 Å². The van der Waals surface area contributed by atoms with Crippen molar-refractivity contribution in [1.82, 2.24) is 18.7 Å². The topological polar surface area (TPSA) is 27.7 Å². The van der Waals surface area contributed by atoms with Gasteiger partial charge in [-0.05, 0) is 95.1 Å². The molecule has 0 atom stereocenters. The molecule has 13 rings (SSSR count). The lowest BCUT2D eigenvalue weighted by Crippen LogP contribution is -2.01. The van der Waals surface area contributed by atoms with Crippen LogP contribution in [0, 0.1) is 0 Å². The van der Waals surface area contributed by atoms with E-state index in [1.807, 2.05) is 12.3 Å². The van der Waals surface area contributed by atoms with Crippen LogP contribution >= 0.6 is 0 Å². The molecule has 0 fully saturated rings. The van der Waals surface area contributed by atoms with E-state index in [1.54, 1.807) is 0 Å². The minimum absolute atomic E-state index is 0.946. The molecule has 294 valence electrons. The van der Waals surface area contributed by atoms with Crippen molar-refractivity contribution < 1.29 is 0 Å². The quantitative estimate of drug-likeness (QED) is 0.165. The molecule has 0 aliphatic heterocycles. The van der Waals surface area contributed by atoms with Crippen LogP contribution in [0.4, 0.5) is 0 Å². The van der Waals surface area contributed by atoms with Gasteiger partial charge in [-0.25, -0.2) is 4.98 Å². The molecule has 0 saturated heterocycles. The highest BCUT2D eigenvalue weighted by Gasteiger charge is 2.21. The summed E-state index contributed by atoms with van der Waals surface area (Å²) in [6, 6.07) is 81.6. The van der Waals surface area contributed by atoms with Crippen LogP contribution in [0.1, 0.15) is 0 Å². The van der Waals surface area contributed by atoms with Gasteiger partial charge in [0.2, 0.25) is 0 Å². The lowest BCUT2D eigenvalue weighted by Gasteiger charge is -2.20. The van der Waals surface area contributed by atoms with Crippen molar-refractivity contribution in [3.8, 4) is 50.4 Å². The van der Waals surface area contributed by atoms with Crippen LogP contribution in [0.3, 0.4) is 0 Å². The molecule has 0 N–H and O–H groups in total. The Balaban J connectivity index is 1.07. The van der Waals surface area contributed by atoms with Gasteiger partial charge in [-0.2, -0.15) is 0 Å². The second-order valence-electron chi connectivity index (χ2n) is 16.3. The maximum absolute atomic E-state index is 4.96. The lowest BCUT2D eigenvalue weighted by atomic mass is 9.90. The highest BCUT2D eigenvalue weighted by Crippen LogP contribution is 2.44. The fourth-order valence-corrected chi connectivity index (χ4v) is 10.2. The molecule has 0 unspecified atom stereocenters. The number of hydrogen-bond donors (Lipinski definition) is 0. The van der Waals surface area contributed by atoms with Crippen molar-refractivity contribution in [2.24, 2.45) is 0 Å². The monoisotopic (exact) mass is 802 g/mol. The summed E-state index contributed by atoms with van der Waals surface area (Å²) in [7, 11) is 0. The van der Waals surface area contributed by atoms with E-state index in [0.29, 0.717) is 0 Å². The first-order valence-electron chi connectivity index (χ1n) is 21.6. The lowest BCUT2D eigenvalue weighted by molar-refractivity contribution is 1.14. The van der Waals surface area contributed by atoms with Crippen LogP contribution in [0.15, 0.2) is 231 Å². The molecular weight excluding hydrogens is 765 g/mol. The van der Waals surface area contributed by atoms with E-state index in [1.165, 1.54) is 54.6 Å². The molecule has 0 spiro atoms. The van der Waals surface area contributed by atoms with Gasteiger partial charge in [-0.15, -0.1) is 0 Å². The first-order valence-corrected chi connectivity index (χ1v) is 21.6. The summed E-state index contributed by atoms with van der Waals surface area (Å²) in [5.74, 6) is 0. The molecule has 9 aromatic carbocycles. The molecule has 0 radical (unpaired) electrons. The zero-order valence-corrected chi connectivity index (χ0v) is 34.2. The number of hydrogen-bond acceptors (Lipinski definition) is 1. The largest absolute Gasteiger partial charge is 0.309 e. The van der Waals surface area contributed by atoms with Crippen molar-refractivity contribution in [3.05, 3.63) is 231 Å². The van der Waals surface area contributed by atoms with Crippen LogP contribution in [0.25, 0.3) is 116 Å². The van der Waals surface area contributed by atoms with Gasteiger partial charge in [0.25, 0.3) is 0 Å². The second-order valence-corrected chi connectivity index (χ2v) is 16.3. The summed E-state index contributed by atoms with van der Waals surface area (Å²) in [5.41, 5.74) is 17.0. The van der Waals surface area contributed by atoms with E-state index in [0.717, 1.165) is 61.4 Å². The second kappa shape index (κ2) is 14.1. The molecule has 13 aromatic rings. The smallest absolute Gasteiger partial charge is 0.145 e. The minimum Gasteiger partial charge on any atom is -0.309 e. The van der Waals surface area contributed by atoms with Crippen molar-refractivity contribution >= 4 is 65.5 Å². The zero-order valence-electron chi connectivity index (χ0n) is 34.2. The Kier molecular flexibility index (Phi) is 7.87. The van der Waals surface area contributed by atoms with Crippen molar-refractivity contribution in [2.45, 2.75) is 0 Å². The van der Waals surface area contributed by atoms with E-state index >= 15 is 0 Å². The minimum atomic E-state index is 0.946. The highest BCUT2D eigenvalue weighted by atomic mass is 15.0. The fourth-order valence-electron chi connectivity index (χ4n) is 10.2. The Morgan fingerprint density at radius 2 is 0.730 bits per heavy atom. The van der Waals surface area contributed by atoms with Gasteiger partial charge in [0, 0.05) is 55.3 Å².